The van der Waals surface area contributed by atoms with Gasteiger partial charge < -0.3 is 5.32 Å². The van der Waals surface area contributed by atoms with Crippen LogP contribution in [0.4, 0.5) is 0 Å². The van der Waals surface area contributed by atoms with Crippen LogP contribution >= 0.6 is 50.7 Å². The zero-order valence-electron chi connectivity index (χ0n) is 10.9. The van der Waals surface area contributed by atoms with Gasteiger partial charge in [0.2, 0.25) is 5.91 Å². The molecule has 0 spiro atoms. The average Bonchev–Trinajstić information content (AvgIpc) is 2.25. The minimum absolute atomic E-state index is 0.0623. The molecule has 0 unspecified atom stereocenters. The predicted molar refractivity (Wildman–Crippen MR) is 87.6 cm³/mol. The van der Waals surface area contributed by atoms with Crippen molar-refractivity contribution < 1.29 is 4.79 Å². The molecule has 6 heteroatoms. The van der Waals surface area contributed by atoms with Gasteiger partial charge in [0.15, 0.2) is 0 Å². The van der Waals surface area contributed by atoms with Crippen LogP contribution in [0.3, 0.4) is 0 Å². The maximum absolute atomic E-state index is 12.0. The van der Waals surface area contributed by atoms with Crippen molar-refractivity contribution in [3.8, 4) is 0 Å². The van der Waals surface area contributed by atoms with E-state index in [1.165, 1.54) is 0 Å². The number of hydrogen-bond acceptors (Lipinski definition) is 1. The number of halogens is 4. The normalized spacial score (nSPS) is 20.9. The summed E-state index contributed by atoms with van der Waals surface area (Å²) >= 11 is 21.6. The molecule has 1 N–H and O–H groups in total. The first-order valence-electron chi connectivity index (χ1n) is 6.31. The van der Waals surface area contributed by atoms with E-state index in [0.717, 1.165) is 10.0 Å². The Labute approximate surface area is 142 Å². The second-order valence-electron chi connectivity index (χ2n) is 5.38. The summed E-state index contributed by atoms with van der Waals surface area (Å²) in [6.07, 6.45) is 1.10. The molecule has 0 bridgehead atoms. The third kappa shape index (κ3) is 4.27. The molecule has 0 saturated heterocycles. The van der Waals surface area contributed by atoms with Crippen molar-refractivity contribution in [3.05, 3.63) is 34.3 Å². The van der Waals surface area contributed by atoms with Gasteiger partial charge in [0, 0.05) is 23.7 Å². The van der Waals surface area contributed by atoms with Crippen LogP contribution in [0.2, 0.25) is 0 Å². The molecule has 1 amide bonds. The SMILES string of the molecule is C[C@@H](NC(=O)CC1(Cl)CC(Cl)(Cl)C1)c1ccc(Br)cc1. The number of carbonyl (C=O) groups is 1. The lowest BCUT2D eigenvalue weighted by Gasteiger charge is -2.45. The number of amides is 1. The Kier molecular flexibility index (Phi) is 4.95. The van der Waals surface area contributed by atoms with Crippen LogP contribution in [-0.4, -0.2) is 15.1 Å². The third-order valence-corrected chi connectivity index (χ3v) is 4.84. The van der Waals surface area contributed by atoms with Gasteiger partial charge in [-0.2, -0.15) is 0 Å². The Balaban J connectivity index is 1.87. The fourth-order valence-electron chi connectivity index (χ4n) is 2.42. The van der Waals surface area contributed by atoms with Crippen LogP contribution < -0.4 is 5.32 Å². The molecule has 1 saturated carbocycles. The molecule has 1 aliphatic rings. The van der Waals surface area contributed by atoms with Crippen molar-refractivity contribution in [3.63, 3.8) is 0 Å². The molecule has 1 aromatic rings. The average molecular weight is 400 g/mol. The molecule has 1 aliphatic carbocycles. The van der Waals surface area contributed by atoms with E-state index >= 15 is 0 Å². The van der Waals surface area contributed by atoms with E-state index in [2.05, 4.69) is 21.2 Å². The molecule has 110 valence electrons. The first-order chi connectivity index (χ1) is 9.19. The molecule has 1 fully saturated rings. The zero-order valence-corrected chi connectivity index (χ0v) is 14.8. The minimum atomic E-state index is -0.778. The van der Waals surface area contributed by atoms with Gasteiger partial charge in [0.05, 0.1) is 10.9 Å². The molecule has 2 nitrogen and oxygen atoms in total. The van der Waals surface area contributed by atoms with Crippen LogP contribution in [0, 0.1) is 0 Å². The lowest BCUT2D eigenvalue weighted by molar-refractivity contribution is -0.122. The van der Waals surface area contributed by atoms with E-state index in [0.29, 0.717) is 12.8 Å². The van der Waals surface area contributed by atoms with Gasteiger partial charge in [0.1, 0.15) is 4.33 Å². The number of hydrogen-bond donors (Lipinski definition) is 1. The van der Waals surface area contributed by atoms with Crippen molar-refractivity contribution in [1.82, 2.24) is 5.32 Å². The summed E-state index contributed by atoms with van der Waals surface area (Å²) in [5, 5.41) is 2.94. The summed E-state index contributed by atoms with van der Waals surface area (Å²) in [5.74, 6) is -0.0840. The molecular formula is C14H15BrCl3NO. The Hall–Kier alpha value is 0.0400. The van der Waals surface area contributed by atoms with E-state index in [4.69, 9.17) is 34.8 Å². The van der Waals surface area contributed by atoms with Gasteiger partial charge in [-0.15, -0.1) is 34.8 Å². The molecule has 0 radical (unpaired) electrons. The van der Waals surface area contributed by atoms with Crippen molar-refractivity contribution in [2.45, 2.75) is 41.4 Å². The second kappa shape index (κ2) is 6.04. The monoisotopic (exact) mass is 397 g/mol. The van der Waals surface area contributed by atoms with Crippen LogP contribution in [0.1, 0.15) is 37.8 Å². The third-order valence-electron chi connectivity index (χ3n) is 3.38. The van der Waals surface area contributed by atoms with E-state index in [1.54, 1.807) is 0 Å². The van der Waals surface area contributed by atoms with Gasteiger partial charge >= 0.3 is 0 Å². The Morgan fingerprint density at radius 2 is 1.85 bits per heavy atom. The first kappa shape index (κ1) is 16.4. The quantitative estimate of drug-likeness (QED) is 0.712. The highest BCUT2D eigenvalue weighted by Crippen LogP contribution is 2.54. The summed E-state index contributed by atoms with van der Waals surface area (Å²) in [6.45, 7) is 1.94. The lowest BCUT2D eigenvalue weighted by atomic mass is 9.80. The molecule has 0 aliphatic heterocycles. The van der Waals surface area contributed by atoms with E-state index < -0.39 is 9.21 Å². The van der Waals surface area contributed by atoms with Gasteiger partial charge in [-0.1, -0.05) is 28.1 Å². The molecule has 0 aromatic heterocycles. The van der Waals surface area contributed by atoms with Gasteiger partial charge in [-0.05, 0) is 24.6 Å². The Morgan fingerprint density at radius 3 is 2.35 bits per heavy atom. The molecule has 1 atom stereocenters. The highest BCUT2D eigenvalue weighted by Gasteiger charge is 2.52. The van der Waals surface area contributed by atoms with Gasteiger partial charge in [0.25, 0.3) is 0 Å². The summed E-state index contributed by atoms with van der Waals surface area (Å²) < 4.78 is 0.230. The molecule has 20 heavy (non-hydrogen) atoms. The number of rotatable bonds is 4. The fourth-order valence-corrected chi connectivity index (χ4v) is 4.55. The highest BCUT2D eigenvalue weighted by atomic mass is 79.9. The maximum Gasteiger partial charge on any atom is 0.222 e. The van der Waals surface area contributed by atoms with Crippen molar-refractivity contribution in [1.29, 1.82) is 0 Å². The first-order valence-corrected chi connectivity index (χ1v) is 8.23. The van der Waals surface area contributed by atoms with E-state index in [9.17, 15) is 4.79 Å². The van der Waals surface area contributed by atoms with Crippen molar-refractivity contribution in [2.24, 2.45) is 0 Å². The maximum atomic E-state index is 12.0. The summed E-state index contributed by atoms with van der Waals surface area (Å²) in [5.41, 5.74) is 1.04. The Morgan fingerprint density at radius 1 is 1.30 bits per heavy atom. The Bertz CT molecular complexity index is 496. The van der Waals surface area contributed by atoms with Crippen molar-refractivity contribution in [2.75, 3.05) is 0 Å². The standard InChI is InChI=1S/C14H15BrCl3NO/c1-9(10-2-4-11(15)5-3-10)19-12(20)6-13(16)7-14(17,18)8-13/h2-5,9H,6-8H2,1H3,(H,19,20)/t9-/m1/s1. The number of nitrogens with one attached hydrogen (secondary N) is 1. The number of benzene rings is 1. The molecular weight excluding hydrogens is 384 g/mol. The number of carbonyl (C=O) groups excluding carboxylic acids is 1. The summed E-state index contributed by atoms with van der Waals surface area (Å²) in [7, 11) is 0. The highest BCUT2D eigenvalue weighted by molar-refractivity contribution is 9.10. The van der Waals surface area contributed by atoms with Gasteiger partial charge in [-0.25, -0.2) is 0 Å². The molecule has 0 heterocycles. The summed E-state index contributed by atoms with van der Waals surface area (Å²) in [6, 6.07) is 7.77. The van der Waals surface area contributed by atoms with Crippen molar-refractivity contribution >= 4 is 56.6 Å². The molecule has 1 aromatic carbocycles. The van der Waals surface area contributed by atoms with Gasteiger partial charge in [-0.3, -0.25) is 4.79 Å². The molecule has 2 rings (SSSR count). The van der Waals surface area contributed by atoms with Crippen LogP contribution in [0.25, 0.3) is 0 Å². The van der Waals surface area contributed by atoms with E-state index in [-0.39, 0.29) is 18.4 Å². The number of alkyl halides is 3. The van der Waals surface area contributed by atoms with E-state index in [1.807, 2.05) is 31.2 Å². The second-order valence-corrected chi connectivity index (χ2v) is 8.74. The summed E-state index contributed by atoms with van der Waals surface area (Å²) in [4.78, 5) is 11.4. The van der Waals surface area contributed by atoms with Crippen LogP contribution in [0.15, 0.2) is 28.7 Å². The fraction of sp³-hybridized carbons (Fsp3) is 0.500. The van der Waals surface area contributed by atoms with Crippen LogP contribution in [-0.2, 0) is 4.79 Å². The predicted octanol–water partition coefficient (Wildman–Crippen LogP) is 4.96. The largest absolute Gasteiger partial charge is 0.350 e. The minimum Gasteiger partial charge on any atom is -0.350 e. The lowest BCUT2D eigenvalue weighted by Crippen LogP contribution is -2.49. The topological polar surface area (TPSA) is 29.1 Å². The van der Waals surface area contributed by atoms with Crippen LogP contribution in [0.5, 0.6) is 0 Å². The smallest absolute Gasteiger partial charge is 0.222 e. The zero-order chi connectivity index (χ0) is 15.0.